The Labute approximate surface area is 102 Å². The number of alkyl halides is 3. The molecule has 0 fully saturated rings. The third-order valence-corrected chi connectivity index (χ3v) is 3.35. The predicted molar refractivity (Wildman–Crippen MR) is 60.3 cm³/mol. The Kier molecular flexibility index (Phi) is 3.03. The van der Waals surface area contributed by atoms with E-state index in [1.165, 1.54) is 23.5 Å². The zero-order valence-corrected chi connectivity index (χ0v) is 10.2. The van der Waals surface area contributed by atoms with Gasteiger partial charge in [-0.05, 0) is 28.1 Å². The van der Waals surface area contributed by atoms with Crippen molar-refractivity contribution in [3.63, 3.8) is 0 Å². The average molecular weight is 308 g/mol. The van der Waals surface area contributed by atoms with E-state index in [1.807, 2.05) is 0 Å². The third-order valence-electron chi connectivity index (χ3n) is 1.98. The Hall–Kier alpha value is -0.880. The van der Waals surface area contributed by atoms with E-state index in [9.17, 15) is 13.2 Å². The number of nitrogens with zero attached hydrogens (tertiary/aromatic N) is 1. The summed E-state index contributed by atoms with van der Waals surface area (Å²) in [4.78, 5) is 4.13. The predicted octanol–water partition coefficient (Wildman–Crippen LogP) is 4.59. The first kappa shape index (κ1) is 11.6. The van der Waals surface area contributed by atoms with Crippen molar-refractivity contribution in [2.75, 3.05) is 0 Å². The molecule has 0 unspecified atom stereocenters. The van der Waals surface area contributed by atoms with Gasteiger partial charge in [-0.15, -0.1) is 11.3 Å². The maximum Gasteiger partial charge on any atom is 0.416 e. The van der Waals surface area contributed by atoms with Crippen LogP contribution in [0, 0.1) is 0 Å². The SMILES string of the molecule is FC(F)(F)c1ccc(-c2csc(Br)n2)cc1. The summed E-state index contributed by atoms with van der Waals surface area (Å²) in [5.74, 6) is 0. The summed E-state index contributed by atoms with van der Waals surface area (Å²) < 4.78 is 37.6. The van der Waals surface area contributed by atoms with Crippen LogP contribution in [0.1, 0.15) is 5.56 Å². The van der Waals surface area contributed by atoms with Gasteiger partial charge < -0.3 is 0 Å². The molecule has 0 saturated carbocycles. The molecule has 0 atom stereocenters. The molecule has 0 saturated heterocycles. The fraction of sp³-hybridized carbons (Fsp3) is 0.100. The first-order chi connectivity index (χ1) is 7.47. The summed E-state index contributed by atoms with van der Waals surface area (Å²) in [6, 6.07) is 4.96. The first-order valence-corrected chi connectivity index (χ1v) is 5.93. The fourth-order valence-corrected chi connectivity index (χ4v) is 2.23. The van der Waals surface area contributed by atoms with Crippen LogP contribution in [-0.2, 0) is 6.18 Å². The summed E-state index contributed by atoms with van der Waals surface area (Å²) in [5, 5.41) is 1.78. The van der Waals surface area contributed by atoms with Crippen LogP contribution < -0.4 is 0 Å². The summed E-state index contributed by atoms with van der Waals surface area (Å²) >= 11 is 4.60. The van der Waals surface area contributed by atoms with E-state index in [0.717, 1.165) is 12.1 Å². The Balaban J connectivity index is 2.33. The number of halogens is 4. The van der Waals surface area contributed by atoms with Crippen molar-refractivity contribution in [3.8, 4) is 11.3 Å². The highest BCUT2D eigenvalue weighted by Crippen LogP contribution is 2.31. The van der Waals surface area contributed by atoms with Crippen molar-refractivity contribution in [1.29, 1.82) is 0 Å². The summed E-state index contributed by atoms with van der Waals surface area (Å²) in [5.41, 5.74) is 0.700. The van der Waals surface area contributed by atoms with Gasteiger partial charge in [0, 0.05) is 10.9 Å². The number of hydrogen-bond donors (Lipinski definition) is 0. The van der Waals surface area contributed by atoms with E-state index in [0.29, 0.717) is 15.2 Å². The molecule has 84 valence electrons. The lowest BCUT2D eigenvalue weighted by molar-refractivity contribution is -0.137. The number of benzene rings is 1. The number of thiazole rings is 1. The molecule has 0 spiro atoms. The quantitative estimate of drug-likeness (QED) is 0.751. The summed E-state index contributed by atoms with van der Waals surface area (Å²) in [7, 11) is 0. The van der Waals surface area contributed by atoms with E-state index in [-0.39, 0.29) is 0 Å². The van der Waals surface area contributed by atoms with Crippen molar-refractivity contribution in [2.24, 2.45) is 0 Å². The first-order valence-electron chi connectivity index (χ1n) is 4.25. The monoisotopic (exact) mass is 307 g/mol. The topological polar surface area (TPSA) is 12.9 Å². The minimum atomic E-state index is -4.29. The minimum Gasteiger partial charge on any atom is -0.229 e. The molecule has 16 heavy (non-hydrogen) atoms. The van der Waals surface area contributed by atoms with Crippen LogP contribution in [0.3, 0.4) is 0 Å². The van der Waals surface area contributed by atoms with Gasteiger partial charge in [-0.3, -0.25) is 0 Å². The average Bonchev–Trinajstić information content (AvgIpc) is 2.64. The number of hydrogen-bond acceptors (Lipinski definition) is 2. The Bertz CT molecular complexity index is 490. The van der Waals surface area contributed by atoms with Gasteiger partial charge in [-0.1, -0.05) is 12.1 Å². The smallest absolute Gasteiger partial charge is 0.229 e. The van der Waals surface area contributed by atoms with Gasteiger partial charge in [0.2, 0.25) is 0 Å². The van der Waals surface area contributed by atoms with Crippen LogP contribution in [0.5, 0.6) is 0 Å². The minimum absolute atomic E-state index is 0.648. The van der Waals surface area contributed by atoms with Gasteiger partial charge in [-0.2, -0.15) is 13.2 Å². The highest BCUT2D eigenvalue weighted by molar-refractivity contribution is 9.11. The Morgan fingerprint density at radius 2 is 1.75 bits per heavy atom. The highest BCUT2D eigenvalue weighted by atomic mass is 79.9. The number of rotatable bonds is 1. The molecule has 2 aromatic rings. The molecule has 0 N–H and O–H groups in total. The summed E-state index contributed by atoms with van der Waals surface area (Å²) in [6.45, 7) is 0. The molecule has 6 heteroatoms. The van der Waals surface area contributed by atoms with E-state index in [1.54, 1.807) is 5.38 Å². The van der Waals surface area contributed by atoms with Crippen molar-refractivity contribution in [3.05, 3.63) is 39.1 Å². The molecule has 0 bridgehead atoms. The molecule has 2 rings (SSSR count). The third kappa shape index (κ3) is 2.44. The van der Waals surface area contributed by atoms with Crippen LogP contribution in [0.15, 0.2) is 33.6 Å². The molecule has 0 aliphatic carbocycles. The van der Waals surface area contributed by atoms with Gasteiger partial charge >= 0.3 is 6.18 Å². The van der Waals surface area contributed by atoms with Crippen molar-refractivity contribution in [1.82, 2.24) is 4.98 Å². The zero-order valence-electron chi connectivity index (χ0n) is 7.75. The molecule has 0 amide bonds. The van der Waals surface area contributed by atoms with Crippen molar-refractivity contribution >= 4 is 27.3 Å². The van der Waals surface area contributed by atoms with Crippen LogP contribution >= 0.6 is 27.3 Å². The van der Waals surface area contributed by atoms with Crippen LogP contribution in [0.4, 0.5) is 13.2 Å². The lowest BCUT2D eigenvalue weighted by Gasteiger charge is -2.06. The van der Waals surface area contributed by atoms with Crippen LogP contribution in [0.2, 0.25) is 0 Å². The summed E-state index contributed by atoms with van der Waals surface area (Å²) in [6.07, 6.45) is -4.29. The second-order valence-corrected chi connectivity index (χ2v) is 5.19. The number of aromatic nitrogens is 1. The standard InChI is InChI=1S/C10H5BrF3NS/c11-9-15-8(5-16-9)6-1-3-7(4-2-6)10(12,13)14/h1-5H. The Morgan fingerprint density at radius 3 is 2.19 bits per heavy atom. The maximum atomic E-state index is 12.3. The molecule has 0 aliphatic rings. The van der Waals surface area contributed by atoms with E-state index < -0.39 is 11.7 Å². The molecule has 1 aromatic carbocycles. The van der Waals surface area contributed by atoms with Gasteiger partial charge in [0.05, 0.1) is 11.3 Å². The largest absolute Gasteiger partial charge is 0.416 e. The van der Waals surface area contributed by atoms with Crippen molar-refractivity contribution < 1.29 is 13.2 Å². The fourth-order valence-electron chi connectivity index (χ4n) is 1.21. The van der Waals surface area contributed by atoms with E-state index in [2.05, 4.69) is 20.9 Å². The lowest BCUT2D eigenvalue weighted by Crippen LogP contribution is -2.03. The van der Waals surface area contributed by atoms with Gasteiger partial charge in [-0.25, -0.2) is 4.98 Å². The molecule has 1 heterocycles. The molecular weight excluding hydrogens is 303 g/mol. The Morgan fingerprint density at radius 1 is 1.12 bits per heavy atom. The molecular formula is C10H5BrF3NS. The molecule has 1 nitrogen and oxygen atoms in total. The second-order valence-electron chi connectivity index (χ2n) is 3.06. The van der Waals surface area contributed by atoms with Crippen LogP contribution in [-0.4, -0.2) is 4.98 Å². The highest BCUT2D eigenvalue weighted by Gasteiger charge is 2.29. The van der Waals surface area contributed by atoms with Crippen molar-refractivity contribution in [2.45, 2.75) is 6.18 Å². The molecule has 0 aliphatic heterocycles. The van der Waals surface area contributed by atoms with E-state index in [4.69, 9.17) is 0 Å². The van der Waals surface area contributed by atoms with Gasteiger partial charge in [0.1, 0.15) is 0 Å². The van der Waals surface area contributed by atoms with E-state index >= 15 is 0 Å². The normalized spacial score (nSPS) is 11.8. The van der Waals surface area contributed by atoms with Crippen LogP contribution in [0.25, 0.3) is 11.3 Å². The van der Waals surface area contributed by atoms with Gasteiger partial charge in [0.15, 0.2) is 3.92 Å². The zero-order chi connectivity index (χ0) is 11.8. The molecule has 0 radical (unpaired) electrons. The van der Waals surface area contributed by atoms with Gasteiger partial charge in [0.25, 0.3) is 0 Å². The second kappa shape index (κ2) is 4.18. The molecule has 1 aromatic heterocycles. The maximum absolute atomic E-state index is 12.3. The lowest BCUT2D eigenvalue weighted by atomic mass is 10.1.